The molecule has 0 amide bonds. The van der Waals surface area contributed by atoms with Crippen LogP contribution in [0.4, 0.5) is 11.4 Å². The van der Waals surface area contributed by atoms with Crippen molar-refractivity contribution in [1.29, 1.82) is 0 Å². The number of nitrogen functional groups attached to an aromatic ring is 1. The Morgan fingerprint density at radius 3 is 1.76 bits per heavy atom. The second-order valence-corrected chi connectivity index (χ2v) is 11.3. The van der Waals surface area contributed by atoms with E-state index in [2.05, 4.69) is 23.9 Å². The number of hydrogen-bond donors (Lipinski definition) is 2. The molecule has 7 nitrogen and oxygen atoms in total. The summed E-state index contributed by atoms with van der Waals surface area (Å²) in [7, 11) is 2.79. The summed E-state index contributed by atoms with van der Waals surface area (Å²) in [6.07, 6.45) is 2.98. The summed E-state index contributed by atoms with van der Waals surface area (Å²) in [4.78, 5) is 34.2. The van der Waals surface area contributed by atoms with Gasteiger partial charge in [-0.15, -0.1) is 0 Å². The van der Waals surface area contributed by atoms with Gasteiger partial charge in [0.15, 0.2) is 0 Å². The fourth-order valence-electron chi connectivity index (χ4n) is 5.00. The number of rotatable bonds is 4. The second-order valence-electron chi connectivity index (χ2n) is 11.3. The van der Waals surface area contributed by atoms with Gasteiger partial charge in [-0.05, 0) is 54.4 Å². The molecule has 2 aromatic rings. The van der Waals surface area contributed by atoms with E-state index in [4.69, 9.17) is 10.5 Å². The van der Waals surface area contributed by atoms with Gasteiger partial charge < -0.3 is 20.5 Å². The molecule has 8 heteroatoms. The van der Waals surface area contributed by atoms with Crippen molar-refractivity contribution in [3.05, 3.63) is 60.7 Å². The van der Waals surface area contributed by atoms with E-state index in [-0.39, 0.29) is 60.0 Å². The van der Waals surface area contributed by atoms with Gasteiger partial charge in [0.25, 0.3) is 0 Å². The van der Waals surface area contributed by atoms with Crippen molar-refractivity contribution in [2.24, 2.45) is 22.7 Å². The summed E-state index contributed by atoms with van der Waals surface area (Å²) in [5.41, 5.74) is 7.40. The maximum atomic E-state index is 11.8. The van der Waals surface area contributed by atoms with Crippen LogP contribution in [-0.2, 0) is 43.3 Å². The molecule has 38 heavy (non-hydrogen) atoms. The number of ether oxygens (including phenoxy) is 2. The number of nitrogens with two attached hydrogens (primary N) is 1. The molecule has 4 rings (SSSR count). The number of Topliss-reactive ketones (excluding diaryl/α,β-unsaturated/α-hetero) is 1. The molecule has 0 spiro atoms. The standard InChI is InChI=1S/C15H21NO2.C9H14O3.C6H7N.Zn/c1-15(2)9-12(14(17)18-3)13(10-15)16-11-7-5-4-6-8-11;1-9(2)4-6(7(10)5-9)8(11)12-3;7-6-4-2-1-3-5-6;/h4-8,12-13,16H,9-10H2,1-3H3;6H,4-5H2,1-3H3;1-5H,7H2;. The molecule has 3 N–H and O–H groups in total. The Hall–Kier alpha value is -2.73. The number of methoxy groups -OCH3 is 2. The first-order valence-electron chi connectivity index (χ1n) is 12.7. The van der Waals surface area contributed by atoms with E-state index in [1.807, 2.05) is 74.5 Å². The molecule has 0 bridgehead atoms. The third-order valence-corrected chi connectivity index (χ3v) is 6.74. The fourth-order valence-corrected chi connectivity index (χ4v) is 5.00. The molecule has 2 aliphatic carbocycles. The Balaban J connectivity index is 0.000000311. The maximum absolute atomic E-state index is 11.8. The molecule has 3 unspecified atom stereocenters. The van der Waals surface area contributed by atoms with E-state index < -0.39 is 5.92 Å². The number of anilines is 2. The van der Waals surface area contributed by atoms with Crippen LogP contribution in [0.25, 0.3) is 0 Å². The number of nitrogens with one attached hydrogen (secondary N) is 1. The van der Waals surface area contributed by atoms with E-state index in [9.17, 15) is 14.4 Å². The number of ketones is 1. The molecular weight excluding hydrogens is 534 g/mol. The van der Waals surface area contributed by atoms with Crippen LogP contribution in [0.5, 0.6) is 0 Å². The zero-order valence-corrected chi connectivity index (χ0v) is 26.6. The molecule has 0 aliphatic heterocycles. The third kappa shape index (κ3) is 10.6. The Kier molecular flexibility index (Phi) is 13.2. The molecule has 2 fully saturated rings. The average molecular weight is 576 g/mol. The van der Waals surface area contributed by atoms with Crippen LogP contribution in [0, 0.1) is 22.7 Å². The van der Waals surface area contributed by atoms with Crippen LogP contribution in [0.15, 0.2) is 60.7 Å². The summed E-state index contributed by atoms with van der Waals surface area (Å²) in [5, 5.41) is 3.46. The first-order valence-corrected chi connectivity index (χ1v) is 12.7. The van der Waals surface area contributed by atoms with Gasteiger partial charge in [0.2, 0.25) is 0 Å². The molecule has 0 heterocycles. The van der Waals surface area contributed by atoms with Crippen LogP contribution in [0.2, 0.25) is 0 Å². The van der Waals surface area contributed by atoms with Gasteiger partial charge in [0.05, 0.1) is 20.1 Å². The molecule has 204 valence electrons. The molecule has 2 saturated carbocycles. The van der Waals surface area contributed by atoms with Gasteiger partial charge in [0, 0.05) is 43.3 Å². The quantitative estimate of drug-likeness (QED) is 0.214. The number of hydrogen-bond acceptors (Lipinski definition) is 7. The average Bonchev–Trinajstić information content (AvgIpc) is 3.32. The maximum Gasteiger partial charge on any atom is 0.316 e. The zero-order chi connectivity index (χ0) is 27.6. The van der Waals surface area contributed by atoms with Crippen LogP contribution < -0.4 is 11.1 Å². The smallest absolute Gasteiger partial charge is 0.316 e. The van der Waals surface area contributed by atoms with Crippen molar-refractivity contribution in [1.82, 2.24) is 0 Å². The number of esters is 2. The third-order valence-electron chi connectivity index (χ3n) is 6.74. The molecule has 3 atom stereocenters. The Morgan fingerprint density at radius 1 is 0.816 bits per heavy atom. The number of carbonyl (C=O) groups excluding carboxylic acids is 3. The minimum Gasteiger partial charge on any atom is -0.469 e. The second kappa shape index (κ2) is 15.0. The van der Waals surface area contributed by atoms with Crippen molar-refractivity contribution in [3.8, 4) is 0 Å². The van der Waals surface area contributed by atoms with E-state index >= 15 is 0 Å². The van der Waals surface area contributed by atoms with Gasteiger partial charge in [-0.3, -0.25) is 14.4 Å². The van der Waals surface area contributed by atoms with Gasteiger partial charge in [0.1, 0.15) is 11.7 Å². The first kappa shape index (κ1) is 33.3. The Labute approximate surface area is 240 Å². The summed E-state index contributed by atoms with van der Waals surface area (Å²) in [6.45, 7) is 8.40. The van der Waals surface area contributed by atoms with E-state index in [0.717, 1.165) is 24.2 Å². The predicted octanol–water partition coefficient (Wildman–Crippen LogP) is 5.51. The normalized spacial score (nSPS) is 22.4. The minimum atomic E-state index is -0.509. The van der Waals surface area contributed by atoms with Crippen LogP contribution >= 0.6 is 0 Å². The fraction of sp³-hybridized carbons (Fsp3) is 0.500. The van der Waals surface area contributed by atoms with Crippen molar-refractivity contribution < 1.29 is 43.3 Å². The van der Waals surface area contributed by atoms with Gasteiger partial charge in [-0.1, -0.05) is 64.1 Å². The summed E-state index contributed by atoms with van der Waals surface area (Å²) < 4.78 is 9.45. The van der Waals surface area contributed by atoms with Gasteiger partial charge in [-0.2, -0.15) is 0 Å². The molecule has 2 aliphatic rings. The van der Waals surface area contributed by atoms with Crippen LogP contribution in [-0.4, -0.2) is 38.0 Å². The Morgan fingerprint density at radius 2 is 1.34 bits per heavy atom. The summed E-state index contributed by atoms with van der Waals surface area (Å²) >= 11 is 0. The SMILES string of the molecule is COC(=O)C1CC(C)(C)CC1=O.COC(=O)C1CC(C)(C)CC1Nc1ccccc1.Nc1ccccc1.[Zn]. The van der Waals surface area contributed by atoms with Crippen molar-refractivity contribution in [2.45, 2.75) is 59.4 Å². The minimum absolute atomic E-state index is 0. The zero-order valence-electron chi connectivity index (χ0n) is 23.7. The van der Waals surface area contributed by atoms with Crippen molar-refractivity contribution in [2.75, 3.05) is 25.3 Å². The van der Waals surface area contributed by atoms with E-state index in [0.29, 0.717) is 12.8 Å². The van der Waals surface area contributed by atoms with E-state index in [1.54, 1.807) is 0 Å². The topological polar surface area (TPSA) is 108 Å². The van der Waals surface area contributed by atoms with Crippen LogP contribution in [0.3, 0.4) is 0 Å². The van der Waals surface area contributed by atoms with Crippen molar-refractivity contribution >= 4 is 29.1 Å². The molecule has 0 saturated heterocycles. The monoisotopic (exact) mass is 574 g/mol. The predicted molar refractivity (Wildman–Crippen MR) is 147 cm³/mol. The number of para-hydroxylation sites is 2. The van der Waals surface area contributed by atoms with Crippen molar-refractivity contribution in [3.63, 3.8) is 0 Å². The van der Waals surface area contributed by atoms with E-state index in [1.165, 1.54) is 14.2 Å². The molecular formula is C30H42N2O5Zn. The molecule has 0 radical (unpaired) electrons. The number of carbonyl (C=O) groups is 3. The summed E-state index contributed by atoms with van der Waals surface area (Å²) in [6, 6.07) is 19.7. The van der Waals surface area contributed by atoms with Gasteiger partial charge in [-0.25, -0.2) is 0 Å². The number of benzene rings is 2. The summed E-state index contributed by atoms with van der Waals surface area (Å²) in [5.74, 6) is -1.03. The van der Waals surface area contributed by atoms with Gasteiger partial charge >= 0.3 is 11.9 Å². The van der Waals surface area contributed by atoms with Crippen LogP contribution in [0.1, 0.15) is 53.4 Å². The molecule has 2 aromatic carbocycles. The largest absolute Gasteiger partial charge is 0.469 e. The Bertz CT molecular complexity index is 1030. The molecule has 0 aromatic heterocycles. The first-order chi connectivity index (χ1) is 17.4.